The summed E-state index contributed by atoms with van der Waals surface area (Å²) in [6, 6.07) is 13.7. The Morgan fingerprint density at radius 1 is 0.897 bits per heavy atom. The molecule has 0 radical (unpaired) electrons. The van der Waals surface area contributed by atoms with Crippen molar-refractivity contribution < 1.29 is 4.79 Å². The average Bonchev–Trinajstić information content (AvgIpc) is 3.14. The van der Waals surface area contributed by atoms with E-state index in [4.69, 9.17) is 23.2 Å². The number of hydrogen-bond donors (Lipinski definition) is 1. The Balaban J connectivity index is 1.72. The fourth-order valence-corrected chi connectivity index (χ4v) is 3.34. The second-order valence-electron chi connectivity index (χ2n) is 6.60. The van der Waals surface area contributed by atoms with Gasteiger partial charge < -0.3 is 0 Å². The lowest BCUT2D eigenvalue weighted by atomic mass is 10.1. The Hall–Kier alpha value is -3.09. The molecule has 2 heterocycles. The van der Waals surface area contributed by atoms with Crippen LogP contribution in [0.5, 0.6) is 0 Å². The third-order valence-electron chi connectivity index (χ3n) is 4.62. The van der Waals surface area contributed by atoms with Gasteiger partial charge >= 0.3 is 0 Å². The Labute approximate surface area is 176 Å². The number of halogens is 2. The van der Waals surface area contributed by atoms with Gasteiger partial charge in [-0.2, -0.15) is 10.1 Å². The highest BCUT2D eigenvalue weighted by Gasteiger charge is 2.29. The first-order valence-electron chi connectivity index (χ1n) is 8.80. The minimum atomic E-state index is -0.303. The number of nitrogens with one attached hydrogen (secondary N) is 1. The van der Waals surface area contributed by atoms with Crippen molar-refractivity contribution in [3.63, 3.8) is 0 Å². The van der Waals surface area contributed by atoms with Gasteiger partial charge in [-0.25, -0.2) is 4.68 Å². The molecule has 0 atom stereocenters. The van der Waals surface area contributed by atoms with Crippen LogP contribution in [0.2, 0.25) is 10.0 Å². The van der Waals surface area contributed by atoms with Crippen LogP contribution in [0.25, 0.3) is 11.8 Å². The van der Waals surface area contributed by atoms with Crippen molar-refractivity contribution in [3.8, 4) is 5.69 Å². The van der Waals surface area contributed by atoms with E-state index in [0.717, 1.165) is 0 Å². The summed E-state index contributed by atoms with van der Waals surface area (Å²) in [5.41, 5.74) is 2.93. The zero-order valence-electron chi connectivity index (χ0n) is 15.6. The average molecular weight is 427 g/mol. The number of amides is 1. The number of rotatable bonds is 3. The number of aromatic amines is 1. The second-order valence-corrected chi connectivity index (χ2v) is 7.48. The topological polar surface area (TPSA) is 70.5 Å². The van der Waals surface area contributed by atoms with E-state index in [2.05, 4.69) is 10.2 Å². The summed E-state index contributed by atoms with van der Waals surface area (Å²) in [6.45, 7) is 3.52. The molecule has 4 rings (SSSR count). The first kappa shape index (κ1) is 19.2. The van der Waals surface area contributed by atoms with E-state index < -0.39 is 0 Å². The van der Waals surface area contributed by atoms with Crippen LogP contribution in [0.15, 0.2) is 64.0 Å². The summed E-state index contributed by atoms with van der Waals surface area (Å²) in [7, 11) is 0. The van der Waals surface area contributed by atoms with Gasteiger partial charge in [0.2, 0.25) is 0 Å². The zero-order chi connectivity index (χ0) is 20.7. The van der Waals surface area contributed by atoms with Crippen molar-refractivity contribution in [1.82, 2.24) is 9.78 Å². The van der Waals surface area contributed by atoms with E-state index in [1.807, 2.05) is 0 Å². The van der Waals surface area contributed by atoms with Gasteiger partial charge in [-0.1, -0.05) is 23.2 Å². The standard InChI is InChI=1S/C21H16Cl2N4O2/c1-12-18(20(28)26(24-12)16-7-3-14(22)4-8-16)11-19-13(2)25-27(21(19)29)17-9-5-15(23)6-10-17/h3-11,24H,1-2H3/b19-11+. The summed E-state index contributed by atoms with van der Waals surface area (Å²) < 4.78 is 1.42. The first-order valence-corrected chi connectivity index (χ1v) is 9.55. The second kappa shape index (κ2) is 7.39. The molecule has 1 aromatic heterocycles. The molecule has 1 amide bonds. The minimum Gasteiger partial charge on any atom is -0.295 e. The van der Waals surface area contributed by atoms with Crippen LogP contribution in [-0.4, -0.2) is 21.4 Å². The molecule has 0 spiro atoms. The van der Waals surface area contributed by atoms with Gasteiger partial charge in [0, 0.05) is 15.7 Å². The number of hydrogen-bond acceptors (Lipinski definition) is 3. The highest BCUT2D eigenvalue weighted by atomic mass is 35.5. The van der Waals surface area contributed by atoms with E-state index in [1.165, 1.54) is 9.69 Å². The van der Waals surface area contributed by atoms with Crippen LogP contribution in [-0.2, 0) is 4.79 Å². The predicted octanol–water partition coefficient (Wildman–Crippen LogP) is 4.59. The molecule has 0 saturated heterocycles. The van der Waals surface area contributed by atoms with Crippen molar-refractivity contribution >= 4 is 46.6 Å². The number of aromatic nitrogens is 2. The van der Waals surface area contributed by atoms with Gasteiger partial charge in [0.25, 0.3) is 11.5 Å². The molecule has 1 aliphatic heterocycles. The monoisotopic (exact) mass is 426 g/mol. The van der Waals surface area contributed by atoms with Crippen molar-refractivity contribution in [2.45, 2.75) is 13.8 Å². The summed E-state index contributed by atoms with van der Waals surface area (Å²) in [5.74, 6) is -0.303. The molecular weight excluding hydrogens is 411 g/mol. The summed E-state index contributed by atoms with van der Waals surface area (Å²) in [6.07, 6.45) is 1.58. The molecule has 3 aromatic rings. The molecule has 1 aliphatic rings. The van der Waals surface area contributed by atoms with E-state index >= 15 is 0 Å². The number of carbonyl (C=O) groups is 1. The maximum atomic E-state index is 12.9. The molecule has 8 heteroatoms. The lowest BCUT2D eigenvalue weighted by molar-refractivity contribution is -0.114. The first-order chi connectivity index (χ1) is 13.8. The number of nitrogens with zero attached hydrogens (tertiary/aromatic N) is 3. The number of benzene rings is 2. The maximum absolute atomic E-state index is 12.9. The van der Waals surface area contributed by atoms with Crippen LogP contribution in [0.1, 0.15) is 18.2 Å². The van der Waals surface area contributed by atoms with Gasteiger partial charge in [-0.3, -0.25) is 14.7 Å². The van der Waals surface area contributed by atoms with Crippen molar-refractivity contribution in [3.05, 3.63) is 85.8 Å². The molecule has 2 aromatic carbocycles. The van der Waals surface area contributed by atoms with Crippen LogP contribution in [0.4, 0.5) is 5.69 Å². The maximum Gasteiger partial charge on any atom is 0.280 e. The number of carbonyl (C=O) groups excluding carboxylic acids is 1. The van der Waals surface area contributed by atoms with E-state index in [-0.39, 0.29) is 11.5 Å². The fourth-order valence-electron chi connectivity index (χ4n) is 3.09. The van der Waals surface area contributed by atoms with Gasteiger partial charge in [-0.15, -0.1) is 0 Å². The molecule has 0 fully saturated rings. The highest BCUT2D eigenvalue weighted by molar-refractivity contribution is 6.32. The molecule has 0 aliphatic carbocycles. The van der Waals surface area contributed by atoms with E-state index in [9.17, 15) is 9.59 Å². The van der Waals surface area contributed by atoms with E-state index in [1.54, 1.807) is 68.5 Å². The Morgan fingerprint density at radius 2 is 1.45 bits per heavy atom. The number of H-pyrrole nitrogens is 1. The normalized spacial score (nSPS) is 15.3. The Kier molecular flexibility index (Phi) is 4.90. The molecule has 0 saturated carbocycles. The van der Waals surface area contributed by atoms with Gasteiger partial charge in [-0.05, 0) is 68.5 Å². The fraction of sp³-hybridized carbons (Fsp3) is 0.0952. The lowest BCUT2D eigenvalue weighted by Crippen LogP contribution is -2.21. The molecule has 0 bridgehead atoms. The third-order valence-corrected chi connectivity index (χ3v) is 5.13. The third kappa shape index (κ3) is 3.52. The smallest absolute Gasteiger partial charge is 0.280 e. The minimum absolute atomic E-state index is 0.261. The molecule has 146 valence electrons. The highest BCUT2D eigenvalue weighted by Crippen LogP contribution is 2.26. The largest absolute Gasteiger partial charge is 0.295 e. The molecular formula is C21H16Cl2N4O2. The van der Waals surface area contributed by atoms with Gasteiger partial charge in [0.1, 0.15) is 0 Å². The number of aryl methyl sites for hydroxylation is 1. The lowest BCUT2D eigenvalue weighted by Gasteiger charge is -2.11. The Morgan fingerprint density at radius 3 is 2.03 bits per heavy atom. The summed E-state index contributed by atoms with van der Waals surface area (Å²) in [4.78, 5) is 25.9. The predicted molar refractivity (Wildman–Crippen MR) is 116 cm³/mol. The van der Waals surface area contributed by atoms with Crippen LogP contribution in [0, 0.1) is 6.92 Å². The summed E-state index contributed by atoms with van der Waals surface area (Å²) >= 11 is 11.8. The molecule has 6 nitrogen and oxygen atoms in total. The number of anilines is 1. The number of hydrazone groups is 1. The van der Waals surface area contributed by atoms with E-state index in [0.29, 0.717) is 44.0 Å². The van der Waals surface area contributed by atoms with Crippen LogP contribution >= 0.6 is 23.2 Å². The summed E-state index contributed by atoms with van der Waals surface area (Å²) in [5, 5.41) is 9.83. The van der Waals surface area contributed by atoms with Gasteiger partial charge in [0.15, 0.2) is 0 Å². The molecule has 29 heavy (non-hydrogen) atoms. The van der Waals surface area contributed by atoms with Crippen molar-refractivity contribution in [2.75, 3.05) is 5.01 Å². The van der Waals surface area contributed by atoms with Crippen LogP contribution in [0.3, 0.4) is 0 Å². The van der Waals surface area contributed by atoms with Crippen molar-refractivity contribution in [2.24, 2.45) is 5.10 Å². The SMILES string of the molecule is CC1=NN(c2ccc(Cl)cc2)C(=O)/C1=C/c1c(C)[nH]n(-c2ccc(Cl)cc2)c1=O. The van der Waals surface area contributed by atoms with Gasteiger partial charge in [0.05, 0.1) is 28.2 Å². The van der Waals surface area contributed by atoms with Crippen LogP contribution < -0.4 is 10.6 Å². The molecule has 1 N–H and O–H groups in total. The zero-order valence-corrected chi connectivity index (χ0v) is 17.1. The molecule has 0 unspecified atom stereocenters. The van der Waals surface area contributed by atoms with Crippen molar-refractivity contribution in [1.29, 1.82) is 0 Å². The Bertz CT molecular complexity index is 1220. The quantitative estimate of drug-likeness (QED) is 0.622.